The minimum atomic E-state index is 0.0710. The molecule has 0 aliphatic heterocycles. The third kappa shape index (κ3) is 10.8. The van der Waals surface area contributed by atoms with Crippen molar-refractivity contribution in [3.63, 3.8) is 0 Å². The molecule has 5 heteroatoms. The Kier molecular flexibility index (Phi) is 14.1. The molecule has 3 heterocycles. The summed E-state index contributed by atoms with van der Waals surface area (Å²) >= 11 is 5.75. The number of aryl methyl sites for hydroxylation is 2. The molecule has 0 unspecified atom stereocenters. The minimum absolute atomic E-state index is 0.0710. The summed E-state index contributed by atoms with van der Waals surface area (Å²) in [5.41, 5.74) is 14.5. The van der Waals surface area contributed by atoms with Crippen molar-refractivity contribution in [2.45, 2.75) is 98.3 Å². The van der Waals surface area contributed by atoms with Crippen LogP contribution in [0.2, 0.25) is 0 Å². The molecule has 0 aliphatic carbocycles. The van der Waals surface area contributed by atoms with Crippen molar-refractivity contribution in [2.24, 2.45) is 0 Å². The Hall–Kier alpha value is -5.98. The lowest BCUT2D eigenvalue weighted by Crippen LogP contribution is -2.13. The summed E-state index contributed by atoms with van der Waals surface area (Å²) in [6.07, 6.45) is 6.43. The molecule has 0 aliphatic rings. The van der Waals surface area contributed by atoms with Crippen molar-refractivity contribution in [2.75, 3.05) is 9.80 Å². The number of rotatable bonds is 15. The van der Waals surface area contributed by atoms with Crippen LogP contribution in [0, 0.1) is 6.92 Å². The van der Waals surface area contributed by atoms with Crippen LogP contribution in [-0.2, 0) is 17.3 Å². The Morgan fingerprint density at radius 3 is 1.09 bits per heavy atom. The van der Waals surface area contributed by atoms with Gasteiger partial charge in [-0.25, -0.2) is 0 Å². The van der Waals surface area contributed by atoms with Gasteiger partial charge in [-0.1, -0.05) is 146 Å². The lowest BCUT2D eigenvalue weighted by molar-refractivity contribution is 0.590. The molecule has 0 saturated carbocycles. The largest absolute Gasteiger partial charge is 0.311 e. The van der Waals surface area contributed by atoms with E-state index in [0.717, 1.165) is 34.1 Å². The minimum Gasteiger partial charge on any atom is -0.311 e. The number of benzene rings is 6. The number of unbranched alkanes of at least 4 members (excludes halogenated alkanes) is 3. The van der Waals surface area contributed by atoms with Crippen molar-refractivity contribution in [1.82, 2.24) is 0 Å². The first-order valence-electron chi connectivity index (χ1n) is 24.3. The molecule has 0 fully saturated rings. The molecule has 6 aromatic carbocycles. The van der Waals surface area contributed by atoms with E-state index in [2.05, 4.69) is 247 Å². The zero-order valence-electron chi connectivity index (χ0n) is 41.0. The highest BCUT2D eigenvalue weighted by Crippen LogP contribution is 2.44. The van der Waals surface area contributed by atoms with Crippen LogP contribution in [0.1, 0.15) is 95.7 Å². The van der Waals surface area contributed by atoms with E-state index in [1.165, 1.54) is 94.7 Å². The Balaban J connectivity index is 0.956. The predicted molar refractivity (Wildman–Crippen MR) is 301 cm³/mol. The second-order valence-electron chi connectivity index (χ2n) is 20.1. The van der Waals surface area contributed by atoms with Crippen molar-refractivity contribution >= 4 is 68.1 Å². The lowest BCUT2D eigenvalue weighted by Gasteiger charge is -2.27. The van der Waals surface area contributed by atoms with Crippen molar-refractivity contribution < 1.29 is 0 Å². The van der Waals surface area contributed by atoms with Gasteiger partial charge in [0.05, 0.1) is 0 Å². The Bertz CT molecular complexity index is 3030. The molecule has 0 radical (unpaired) electrons. The molecule has 0 spiro atoms. The molecule has 9 rings (SSSR count). The highest BCUT2D eigenvalue weighted by Gasteiger charge is 2.20. The van der Waals surface area contributed by atoms with Gasteiger partial charge in [0.2, 0.25) is 0 Å². The van der Waals surface area contributed by atoms with E-state index < -0.39 is 0 Å². The second-order valence-corrected chi connectivity index (χ2v) is 23.5. The maximum absolute atomic E-state index is 2.38. The topological polar surface area (TPSA) is 6.48 Å². The molecule has 2 nitrogen and oxygen atoms in total. The zero-order valence-corrected chi connectivity index (χ0v) is 43.4. The molecule has 0 bridgehead atoms. The fourth-order valence-electron chi connectivity index (χ4n) is 8.79. The summed E-state index contributed by atoms with van der Waals surface area (Å²) in [5.74, 6) is 0. The Labute approximate surface area is 418 Å². The first kappa shape index (κ1) is 47.1. The quantitative estimate of drug-likeness (QED) is 0.0945. The van der Waals surface area contributed by atoms with E-state index in [4.69, 9.17) is 0 Å². The number of thiophene rings is 3. The van der Waals surface area contributed by atoms with Crippen LogP contribution in [0.3, 0.4) is 0 Å². The van der Waals surface area contributed by atoms with Crippen molar-refractivity contribution in [3.05, 3.63) is 204 Å². The second kappa shape index (κ2) is 20.3. The fourth-order valence-corrected chi connectivity index (χ4v) is 12.0. The van der Waals surface area contributed by atoms with Crippen molar-refractivity contribution in [1.29, 1.82) is 0 Å². The molecule has 0 saturated heterocycles. The molecule has 0 N–H and O–H groups in total. The predicted octanol–water partition coefficient (Wildman–Crippen LogP) is 20.5. The normalized spacial score (nSPS) is 11.8. The van der Waals surface area contributed by atoms with Gasteiger partial charge < -0.3 is 9.80 Å². The summed E-state index contributed by atoms with van der Waals surface area (Å²) in [4.78, 5) is 12.9. The molecule has 0 atom stereocenters. The van der Waals surface area contributed by atoms with Gasteiger partial charge in [-0.15, -0.1) is 34.0 Å². The lowest BCUT2D eigenvalue weighted by atomic mass is 9.87. The van der Waals surface area contributed by atoms with E-state index in [-0.39, 0.29) is 10.8 Å². The Morgan fingerprint density at radius 1 is 0.338 bits per heavy atom. The van der Waals surface area contributed by atoms with Gasteiger partial charge in [0.25, 0.3) is 0 Å². The molecule has 68 heavy (non-hydrogen) atoms. The van der Waals surface area contributed by atoms with Gasteiger partial charge in [-0.3, -0.25) is 0 Å². The third-order valence-corrected chi connectivity index (χ3v) is 16.7. The Morgan fingerprint density at radius 2 is 0.676 bits per heavy atom. The number of hydrogen-bond acceptors (Lipinski definition) is 5. The molecule has 344 valence electrons. The van der Waals surface area contributed by atoms with Crippen LogP contribution in [0.5, 0.6) is 0 Å². The number of hydrogen-bond donors (Lipinski definition) is 0. The fraction of sp³-hybridized carbons (Fsp3) is 0.238. The van der Waals surface area contributed by atoms with Gasteiger partial charge >= 0.3 is 0 Å². The standard InChI is InChI=1S/C63H64N2S3/c1-9-10-11-12-13-56-38-39-58(66-56)59-42-43-61(68-59)60-41-40-57(67-60)47-20-32-53(33-21-47)65(55-36-24-49(25-37-55)63(6,7)8)52-30-18-46(19-31-52)45-16-28-51(29-17-45)64(50-26-14-44(2)15-27-50)54-34-22-48(23-35-54)62(3,4)5/h14-43H,9-13H2,1-8H3. The van der Waals surface area contributed by atoms with Crippen LogP contribution in [0.25, 0.3) is 41.1 Å². The summed E-state index contributed by atoms with van der Waals surface area (Å²) in [7, 11) is 0. The summed E-state index contributed by atoms with van der Waals surface area (Å²) in [5, 5.41) is 0. The molecule has 3 aromatic heterocycles. The van der Waals surface area contributed by atoms with Crippen LogP contribution < -0.4 is 9.80 Å². The summed E-state index contributed by atoms with van der Waals surface area (Å²) < 4.78 is 0. The molecular weight excluding hydrogens is 881 g/mol. The van der Waals surface area contributed by atoms with Gasteiger partial charge in [0.15, 0.2) is 0 Å². The maximum Gasteiger partial charge on any atom is 0.0462 e. The monoisotopic (exact) mass is 944 g/mol. The highest BCUT2D eigenvalue weighted by atomic mass is 32.1. The average Bonchev–Trinajstić information content (AvgIpc) is 4.15. The summed E-state index contributed by atoms with van der Waals surface area (Å²) in [6.45, 7) is 18.0. The first-order valence-corrected chi connectivity index (χ1v) is 26.7. The SMILES string of the molecule is CCCCCCc1ccc(-c2ccc(-c3ccc(-c4ccc(N(c5ccc(-c6ccc(N(c7ccc(C)cc7)c7ccc(C(C)(C)C)cc7)cc6)cc5)c5ccc(C(C)(C)C)cc5)cc4)s3)s2)s1. The first-order chi connectivity index (χ1) is 32.8. The van der Waals surface area contributed by atoms with Crippen LogP contribution in [-0.4, -0.2) is 0 Å². The van der Waals surface area contributed by atoms with Crippen molar-refractivity contribution in [3.8, 4) is 41.1 Å². The van der Waals surface area contributed by atoms with Crippen LogP contribution in [0.4, 0.5) is 34.1 Å². The number of anilines is 6. The van der Waals surface area contributed by atoms with E-state index in [1.54, 1.807) is 0 Å². The number of nitrogens with zero attached hydrogens (tertiary/aromatic N) is 2. The third-order valence-electron chi connectivity index (χ3n) is 12.9. The van der Waals surface area contributed by atoms with Gasteiger partial charge in [-0.05, 0) is 168 Å². The highest BCUT2D eigenvalue weighted by molar-refractivity contribution is 7.27. The smallest absolute Gasteiger partial charge is 0.0462 e. The van der Waals surface area contributed by atoms with Crippen LogP contribution in [0.15, 0.2) is 182 Å². The molecule has 0 amide bonds. The van der Waals surface area contributed by atoms with Gasteiger partial charge in [0, 0.05) is 63.4 Å². The van der Waals surface area contributed by atoms with E-state index in [9.17, 15) is 0 Å². The average molecular weight is 945 g/mol. The summed E-state index contributed by atoms with van der Waals surface area (Å²) in [6, 6.07) is 67.9. The molecule has 9 aromatic rings. The van der Waals surface area contributed by atoms with E-state index >= 15 is 0 Å². The van der Waals surface area contributed by atoms with E-state index in [0.29, 0.717) is 0 Å². The zero-order chi connectivity index (χ0) is 47.4. The van der Waals surface area contributed by atoms with Gasteiger partial charge in [-0.2, -0.15) is 0 Å². The van der Waals surface area contributed by atoms with Crippen LogP contribution >= 0.6 is 34.0 Å². The van der Waals surface area contributed by atoms with E-state index in [1.807, 2.05) is 34.0 Å². The molecular formula is C63H64N2S3. The maximum atomic E-state index is 2.38. The van der Waals surface area contributed by atoms with Gasteiger partial charge in [0.1, 0.15) is 0 Å².